The van der Waals surface area contributed by atoms with Gasteiger partial charge in [0.25, 0.3) is 0 Å². The van der Waals surface area contributed by atoms with Crippen LogP contribution in [0.25, 0.3) is 0 Å². The Morgan fingerprint density at radius 3 is 1.55 bits per heavy atom. The summed E-state index contributed by atoms with van der Waals surface area (Å²) in [7, 11) is 0. The minimum absolute atomic E-state index is 1.58. The fourth-order valence-corrected chi connectivity index (χ4v) is 7.40. The van der Waals surface area contributed by atoms with Gasteiger partial charge in [0.2, 0.25) is 0 Å². The van der Waals surface area contributed by atoms with Crippen molar-refractivity contribution in [1.82, 2.24) is 0 Å². The molecule has 60 valence electrons. The number of hydrogen-bond acceptors (Lipinski definition) is 2. The molecular weight excluding hydrogens is 279 g/mol. The number of thioether (sulfide) groups is 2. The van der Waals surface area contributed by atoms with Crippen LogP contribution in [0.4, 0.5) is 0 Å². The van der Waals surface area contributed by atoms with Crippen LogP contribution in [-0.4, -0.2) is 30.9 Å². The van der Waals surface area contributed by atoms with Crippen LogP contribution in [0.2, 0.25) is 9.88 Å². The molecule has 0 aromatic carbocycles. The Morgan fingerprint density at radius 2 is 1.27 bits per heavy atom. The molecule has 0 saturated carbocycles. The van der Waals surface area contributed by atoms with Gasteiger partial charge < -0.3 is 0 Å². The van der Waals surface area contributed by atoms with Crippen LogP contribution in [0.5, 0.6) is 0 Å². The van der Waals surface area contributed by atoms with E-state index in [9.17, 15) is 0 Å². The monoisotopic (exact) mass is 292 g/mol. The van der Waals surface area contributed by atoms with E-state index in [1.54, 1.807) is 23.5 Å². The number of rotatable bonds is 0. The van der Waals surface area contributed by atoms with Crippen molar-refractivity contribution in [2.24, 2.45) is 0 Å². The third kappa shape index (κ3) is 7.00. The molecule has 0 N–H and O–H groups in total. The Balaban J connectivity index is 4.21. The molecule has 0 nitrogen and oxygen atoms in total. The molecule has 3 heteroatoms. The van der Waals surface area contributed by atoms with Crippen molar-refractivity contribution in [2.75, 3.05) is 12.5 Å². The molecule has 0 aliphatic carbocycles. The fourth-order valence-electron chi connectivity index (χ4n) is 0.388. The van der Waals surface area contributed by atoms with E-state index >= 15 is 0 Å². The zero-order valence-corrected chi connectivity index (χ0v) is 11.8. The molecule has 0 spiro atoms. The Hall–Kier alpha value is 0.619. The molecule has 11 heavy (non-hydrogen) atoms. The van der Waals surface area contributed by atoms with Gasteiger partial charge in [0, 0.05) is 0 Å². The first kappa shape index (κ1) is 11.6. The molecule has 0 aromatic heterocycles. The van der Waals surface area contributed by atoms with Crippen molar-refractivity contribution in [2.45, 2.75) is 9.88 Å². The summed E-state index contributed by atoms with van der Waals surface area (Å²) in [5.74, 6) is 0. The summed E-state index contributed by atoms with van der Waals surface area (Å²) in [5.41, 5.74) is 0. The van der Waals surface area contributed by atoms with Crippen molar-refractivity contribution >= 4 is 41.9 Å². The Kier molecular flexibility index (Phi) is 6.52. The fraction of sp³-hybridized carbons (Fsp3) is 0.500. The third-order valence-electron chi connectivity index (χ3n) is 0.931. The molecule has 0 fully saturated rings. The van der Waals surface area contributed by atoms with Gasteiger partial charge in [-0.15, -0.1) is 0 Å². The topological polar surface area (TPSA) is 0 Å². The van der Waals surface area contributed by atoms with Crippen molar-refractivity contribution in [3.8, 4) is 18.4 Å². The molecule has 0 bridgehead atoms. The first-order valence-electron chi connectivity index (χ1n) is 3.22. The predicted octanol–water partition coefficient (Wildman–Crippen LogP) is 2.42. The molecular formula is C8H12S2Sn. The second-order valence-corrected chi connectivity index (χ2v) is 14.4. The summed E-state index contributed by atoms with van der Waals surface area (Å²) in [6.07, 6.45) is 3.99. The van der Waals surface area contributed by atoms with E-state index in [1.165, 1.54) is 0 Å². The second kappa shape index (κ2) is 6.17. The summed E-state index contributed by atoms with van der Waals surface area (Å²) in [6.45, 7) is 0. The average Bonchev–Trinajstić information content (AvgIpc) is 1.97. The third-order valence-corrected chi connectivity index (χ3v) is 6.86. The van der Waals surface area contributed by atoms with E-state index in [4.69, 9.17) is 0 Å². The van der Waals surface area contributed by atoms with Crippen LogP contribution in [0.3, 0.4) is 0 Å². The van der Waals surface area contributed by atoms with E-state index in [1.807, 2.05) is 12.5 Å². The summed E-state index contributed by atoms with van der Waals surface area (Å²) >= 11 is 0.958. The Bertz CT molecular complexity index is 200. The Labute approximate surface area is 82.2 Å². The first-order valence-corrected chi connectivity index (χ1v) is 14.2. The molecule has 0 rings (SSSR count). The van der Waals surface area contributed by atoms with Gasteiger partial charge in [0.1, 0.15) is 0 Å². The van der Waals surface area contributed by atoms with Crippen molar-refractivity contribution in [3.05, 3.63) is 0 Å². The van der Waals surface area contributed by atoms with Crippen molar-refractivity contribution in [3.63, 3.8) is 0 Å². The van der Waals surface area contributed by atoms with Gasteiger partial charge in [-0.3, -0.25) is 0 Å². The molecule has 0 aliphatic heterocycles. The van der Waals surface area contributed by atoms with Crippen LogP contribution in [0.1, 0.15) is 0 Å². The molecule has 0 atom stereocenters. The maximum atomic E-state index is 3.28. The van der Waals surface area contributed by atoms with Crippen molar-refractivity contribution < 1.29 is 0 Å². The van der Waals surface area contributed by atoms with Crippen LogP contribution >= 0.6 is 23.5 Å². The molecule has 0 heterocycles. The molecule has 0 radical (unpaired) electrons. The van der Waals surface area contributed by atoms with E-state index in [2.05, 4.69) is 28.3 Å². The number of hydrogen-bond donors (Lipinski definition) is 0. The van der Waals surface area contributed by atoms with E-state index in [0.717, 1.165) is 0 Å². The van der Waals surface area contributed by atoms with E-state index in [0.29, 0.717) is 0 Å². The molecule has 0 amide bonds. The van der Waals surface area contributed by atoms with Crippen molar-refractivity contribution in [1.29, 1.82) is 0 Å². The molecule has 0 saturated heterocycles. The van der Waals surface area contributed by atoms with Gasteiger partial charge in [-0.2, -0.15) is 0 Å². The second-order valence-electron chi connectivity index (χ2n) is 2.49. The zero-order valence-electron chi connectivity index (χ0n) is 7.32. The van der Waals surface area contributed by atoms with Gasteiger partial charge in [-0.05, 0) is 0 Å². The van der Waals surface area contributed by atoms with Gasteiger partial charge in [-0.1, -0.05) is 0 Å². The normalized spacial score (nSPS) is 9.09. The predicted molar refractivity (Wildman–Crippen MR) is 60.1 cm³/mol. The summed E-state index contributed by atoms with van der Waals surface area (Å²) in [5, 5.41) is 6.09. The standard InChI is InChI=1S/2C3H3S.2CH3.Sn/c2*1-3-4-2;;;/h2*2H3;2*1H3;. The molecule has 0 aromatic rings. The van der Waals surface area contributed by atoms with Crippen LogP contribution < -0.4 is 0 Å². The van der Waals surface area contributed by atoms with Gasteiger partial charge in [0.05, 0.1) is 0 Å². The molecule has 0 aliphatic rings. The average molecular weight is 291 g/mol. The maximum absolute atomic E-state index is 3.28. The van der Waals surface area contributed by atoms with Gasteiger partial charge in [0.15, 0.2) is 0 Å². The van der Waals surface area contributed by atoms with Gasteiger partial charge >= 0.3 is 82.7 Å². The van der Waals surface area contributed by atoms with Gasteiger partial charge in [-0.25, -0.2) is 0 Å². The van der Waals surface area contributed by atoms with E-state index in [-0.39, 0.29) is 0 Å². The Morgan fingerprint density at radius 1 is 0.909 bits per heavy atom. The minimum atomic E-state index is -2.20. The van der Waals surface area contributed by atoms with Crippen LogP contribution in [0.15, 0.2) is 0 Å². The molecule has 0 unspecified atom stereocenters. The first-order chi connectivity index (χ1) is 5.12. The van der Waals surface area contributed by atoms with E-state index < -0.39 is 18.4 Å². The summed E-state index contributed by atoms with van der Waals surface area (Å²) < 4.78 is 6.56. The van der Waals surface area contributed by atoms with Crippen LogP contribution in [0, 0.1) is 18.4 Å². The summed E-state index contributed by atoms with van der Waals surface area (Å²) in [4.78, 5) is 4.47. The zero-order chi connectivity index (χ0) is 8.74. The quantitative estimate of drug-likeness (QED) is 0.496. The summed E-state index contributed by atoms with van der Waals surface area (Å²) in [6, 6.07) is 0. The van der Waals surface area contributed by atoms with Crippen LogP contribution in [-0.2, 0) is 0 Å². The SMILES string of the molecule is CSC#[C][Sn]([CH3])([CH3])[C]#CSC.